The van der Waals surface area contributed by atoms with Crippen molar-refractivity contribution in [1.29, 1.82) is 0 Å². The molecule has 0 aliphatic carbocycles. The van der Waals surface area contributed by atoms with Crippen LogP contribution in [0.4, 0.5) is 0 Å². The van der Waals surface area contributed by atoms with Crippen LogP contribution in [0.1, 0.15) is 21.5 Å². The summed E-state index contributed by atoms with van der Waals surface area (Å²) < 4.78 is 12.1. The number of benzene rings is 3. The molecule has 0 saturated heterocycles. The fourth-order valence-corrected chi connectivity index (χ4v) is 3.25. The predicted molar refractivity (Wildman–Crippen MR) is 123 cm³/mol. The Balaban J connectivity index is 1.63. The number of carbonyl (C=O) groups excluding carboxylic acids is 1. The van der Waals surface area contributed by atoms with Gasteiger partial charge in [0.15, 0.2) is 11.5 Å². The Hall–Kier alpha value is -2.54. The zero-order chi connectivity index (χ0) is 21.5. The molecule has 3 aromatic carbocycles. The summed E-state index contributed by atoms with van der Waals surface area (Å²) in [6, 6.07) is 17.7. The number of halogens is 3. The molecule has 3 rings (SSSR count). The number of amides is 1. The Morgan fingerprint density at radius 3 is 2.63 bits per heavy atom. The van der Waals surface area contributed by atoms with Gasteiger partial charge in [0.2, 0.25) is 0 Å². The molecule has 0 radical (unpaired) electrons. The van der Waals surface area contributed by atoms with Crippen LogP contribution in [0.25, 0.3) is 0 Å². The Kier molecular flexibility index (Phi) is 7.74. The second-order valence-corrected chi connectivity index (χ2v) is 7.89. The third-order valence-corrected chi connectivity index (χ3v) is 5.26. The largest absolute Gasteiger partial charge is 0.493 e. The van der Waals surface area contributed by atoms with Crippen molar-refractivity contribution < 1.29 is 14.3 Å². The van der Waals surface area contributed by atoms with Gasteiger partial charge >= 0.3 is 0 Å². The smallest absolute Gasteiger partial charge is 0.271 e. The Labute approximate surface area is 192 Å². The molecule has 0 aliphatic heterocycles. The average molecular weight is 508 g/mol. The van der Waals surface area contributed by atoms with Crippen molar-refractivity contribution in [2.75, 3.05) is 7.11 Å². The van der Waals surface area contributed by atoms with Crippen LogP contribution >= 0.6 is 39.1 Å². The first-order valence-electron chi connectivity index (χ1n) is 8.80. The number of methoxy groups -OCH3 is 1. The number of nitrogens with one attached hydrogen (secondary N) is 1. The molecular weight excluding hydrogens is 491 g/mol. The SMILES string of the molecule is COc1cc(/C=N\NC(=O)c2cccc(Br)c2)ccc1OCc1ccc(Cl)c(Cl)c1. The number of hydrogen-bond donors (Lipinski definition) is 1. The molecule has 1 amide bonds. The van der Waals surface area contributed by atoms with Crippen molar-refractivity contribution in [1.82, 2.24) is 5.43 Å². The number of rotatable bonds is 7. The van der Waals surface area contributed by atoms with Crippen LogP contribution in [-0.4, -0.2) is 19.2 Å². The predicted octanol–water partition coefficient (Wildman–Crippen LogP) is 6.11. The van der Waals surface area contributed by atoms with Gasteiger partial charge < -0.3 is 9.47 Å². The minimum absolute atomic E-state index is 0.305. The van der Waals surface area contributed by atoms with Gasteiger partial charge in [0, 0.05) is 10.0 Å². The van der Waals surface area contributed by atoms with Gasteiger partial charge in [-0.1, -0.05) is 51.3 Å². The lowest BCUT2D eigenvalue weighted by Crippen LogP contribution is -2.17. The zero-order valence-electron chi connectivity index (χ0n) is 15.9. The van der Waals surface area contributed by atoms with Crippen LogP contribution < -0.4 is 14.9 Å². The first kappa shape index (κ1) is 22.2. The molecule has 8 heteroatoms. The molecular formula is C22H17BrCl2N2O3. The highest BCUT2D eigenvalue weighted by Crippen LogP contribution is 2.29. The molecule has 5 nitrogen and oxygen atoms in total. The molecule has 3 aromatic rings. The van der Waals surface area contributed by atoms with E-state index in [0.717, 1.165) is 15.6 Å². The fourth-order valence-electron chi connectivity index (χ4n) is 2.53. The molecule has 0 bridgehead atoms. The third-order valence-electron chi connectivity index (χ3n) is 4.03. The number of ether oxygens (including phenoxy) is 2. The lowest BCUT2D eigenvalue weighted by Gasteiger charge is -2.11. The summed E-state index contributed by atoms with van der Waals surface area (Å²) >= 11 is 15.3. The standard InChI is InChI=1S/C22H17BrCl2N2O3/c1-29-21-10-14(12-26-27-22(28)16-3-2-4-17(23)11-16)6-8-20(21)30-13-15-5-7-18(24)19(25)9-15/h2-12H,13H2,1H3,(H,27,28)/b26-12-. The van der Waals surface area contributed by atoms with Gasteiger partial charge in [0.05, 0.1) is 23.4 Å². The third kappa shape index (κ3) is 5.98. The van der Waals surface area contributed by atoms with E-state index in [1.807, 2.05) is 12.1 Å². The minimum Gasteiger partial charge on any atom is -0.493 e. The molecule has 154 valence electrons. The van der Waals surface area contributed by atoms with Crippen molar-refractivity contribution in [2.24, 2.45) is 5.10 Å². The van der Waals surface area contributed by atoms with E-state index in [0.29, 0.717) is 33.7 Å². The Morgan fingerprint density at radius 1 is 1.07 bits per heavy atom. The summed E-state index contributed by atoms with van der Waals surface area (Å²) in [5.41, 5.74) is 4.62. The molecule has 0 aromatic heterocycles. The topological polar surface area (TPSA) is 59.9 Å². The van der Waals surface area contributed by atoms with Gasteiger partial charge in [-0.3, -0.25) is 4.79 Å². The molecule has 0 unspecified atom stereocenters. The monoisotopic (exact) mass is 506 g/mol. The van der Waals surface area contributed by atoms with E-state index < -0.39 is 0 Å². The molecule has 30 heavy (non-hydrogen) atoms. The van der Waals surface area contributed by atoms with Crippen LogP contribution in [0.3, 0.4) is 0 Å². The van der Waals surface area contributed by atoms with Gasteiger partial charge in [0.25, 0.3) is 5.91 Å². The highest BCUT2D eigenvalue weighted by atomic mass is 79.9. The lowest BCUT2D eigenvalue weighted by atomic mass is 10.2. The molecule has 0 atom stereocenters. The maximum absolute atomic E-state index is 12.1. The van der Waals surface area contributed by atoms with E-state index >= 15 is 0 Å². The maximum atomic E-state index is 12.1. The van der Waals surface area contributed by atoms with Crippen LogP contribution in [0.5, 0.6) is 11.5 Å². The fraction of sp³-hybridized carbons (Fsp3) is 0.0909. The Morgan fingerprint density at radius 2 is 1.90 bits per heavy atom. The first-order valence-corrected chi connectivity index (χ1v) is 10.3. The molecule has 0 fully saturated rings. The summed E-state index contributed by atoms with van der Waals surface area (Å²) in [6.07, 6.45) is 1.53. The highest BCUT2D eigenvalue weighted by Gasteiger charge is 2.08. The maximum Gasteiger partial charge on any atom is 0.271 e. The van der Waals surface area contributed by atoms with Gasteiger partial charge in [-0.2, -0.15) is 5.10 Å². The van der Waals surface area contributed by atoms with Crippen LogP contribution in [0, 0.1) is 0 Å². The van der Waals surface area contributed by atoms with Gasteiger partial charge in [-0.15, -0.1) is 0 Å². The normalized spacial score (nSPS) is 10.8. The number of hydrazone groups is 1. The van der Waals surface area contributed by atoms with Crippen molar-refractivity contribution in [2.45, 2.75) is 6.61 Å². The van der Waals surface area contributed by atoms with Crippen molar-refractivity contribution in [3.63, 3.8) is 0 Å². The van der Waals surface area contributed by atoms with E-state index in [-0.39, 0.29) is 5.91 Å². The van der Waals surface area contributed by atoms with E-state index in [1.165, 1.54) is 6.21 Å². The van der Waals surface area contributed by atoms with E-state index in [9.17, 15) is 4.79 Å². The molecule has 0 aliphatic rings. The number of nitrogens with zero attached hydrogens (tertiary/aromatic N) is 1. The summed E-state index contributed by atoms with van der Waals surface area (Å²) in [6.45, 7) is 0.309. The molecule has 0 heterocycles. The highest BCUT2D eigenvalue weighted by molar-refractivity contribution is 9.10. The number of carbonyl (C=O) groups is 1. The average Bonchev–Trinajstić information content (AvgIpc) is 2.75. The van der Waals surface area contributed by atoms with Crippen molar-refractivity contribution in [3.8, 4) is 11.5 Å². The Bertz CT molecular complexity index is 1090. The molecule has 0 spiro atoms. The van der Waals surface area contributed by atoms with E-state index in [1.54, 1.807) is 55.6 Å². The van der Waals surface area contributed by atoms with Crippen molar-refractivity contribution in [3.05, 3.63) is 91.9 Å². The summed E-state index contributed by atoms with van der Waals surface area (Å²) in [5, 5.41) is 4.97. The second kappa shape index (κ2) is 10.5. The van der Waals surface area contributed by atoms with Gasteiger partial charge in [0.1, 0.15) is 6.61 Å². The van der Waals surface area contributed by atoms with E-state index in [4.69, 9.17) is 32.7 Å². The van der Waals surface area contributed by atoms with Crippen LogP contribution in [0.15, 0.2) is 70.2 Å². The van der Waals surface area contributed by atoms with Crippen molar-refractivity contribution >= 4 is 51.3 Å². The van der Waals surface area contributed by atoms with Gasteiger partial charge in [-0.25, -0.2) is 5.43 Å². The lowest BCUT2D eigenvalue weighted by molar-refractivity contribution is 0.0955. The number of hydrogen-bond acceptors (Lipinski definition) is 4. The van der Waals surface area contributed by atoms with E-state index in [2.05, 4.69) is 26.5 Å². The first-order chi connectivity index (χ1) is 14.5. The second-order valence-electron chi connectivity index (χ2n) is 6.16. The summed E-state index contributed by atoms with van der Waals surface area (Å²) in [7, 11) is 1.55. The zero-order valence-corrected chi connectivity index (χ0v) is 19.0. The summed E-state index contributed by atoms with van der Waals surface area (Å²) in [4.78, 5) is 12.1. The van der Waals surface area contributed by atoms with Crippen LogP contribution in [-0.2, 0) is 6.61 Å². The van der Waals surface area contributed by atoms with Gasteiger partial charge in [-0.05, 0) is 59.7 Å². The summed E-state index contributed by atoms with van der Waals surface area (Å²) in [5.74, 6) is 0.803. The molecule has 0 saturated carbocycles. The quantitative estimate of drug-likeness (QED) is 0.310. The van der Waals surface area contributed by atoms with Crippen LogP contribution in [0.2, 0.25) is 10.0 Å². The minimum atomic E-state index is -0.305. The molecule has 1 N–H and O–H groups in total.